The number of nitrogens with one attached hydrogen (secondary N) is 1. The zero-order valence-corrected chi connectivity index (χ0v) is 16.8. The van der Waals surface area contributed by atoms with E-state index in [1.807, 2.05) is 24.3 Å². The van der Waals surface area contributed by atoms with Crippen LogP contribution in [0.3, 0.4) is 0 Å². The van der Waals surface area contributed by atoms with Crippen molar-refractivity contribution < 1.29 is 23.0 Å². The van der Waals surface area contributed by atoms with Crippen LogP contribution in [0.25, 0.3) is 0 Å². The average molecular weight is 425 g/mol. The Morgan fingerprint density at radius 2 is 1.90 bits per heavy atom. The van der Waals surface area contributed by atoms with Crippen molar-refractivity contribution in [1.29, 1.82) is 0 Å². The second-order valence-electron chi connectivity index (χ2n) is 6.87. The van der Waals surface area contributed by atoms with Crippen LogP contribution >= 0.6 is 11.6 Å². The maximum Gasteiger partial charge on any atom is 0.387 e. The highest BCUT2D eigenvalue weighted by Crippen LogP contribution is 2.32. The molecule has 0 unspecified atom stereocenters. The first-order chi connectivity index (χ1) is 14.0. The third-order valence-electron chi connectivity index (χ3n) is 4.89. The highest BCUT2D eigenvalue weighted by molar-refractivity contribution is 6.30. The summed E-state index contributed by atoms with van der Waals surface area (Å²) in [7, 11) is 1.34. The van der Waals surface area contributed by atoms with Crippen LogP contribution in [0, 0.1) is 0 Å². The molecule has 0 aromatic heterocycles. The first-order valence-corrected chi connectivity index (χ1v) is 9.73. The van der Waals surface area contributed by atoms with Crippen LogP contribution in [0.15, 0.2) is 42.5 Å². The molecule has 5 nitrogen and oxygen atoms in total. The minimum Gasteiger partial charge on any atom is -0.493 e. The van der Waals surface area contributed by atoms with Gasteiger partial charge in [0.15, 0.2) is 11.5 Å². The summed E-state index contributed by atoms with van der Waals surface area (Å²) in [5, 5.41) is 3.64. The second-order valence-corrected chi connectivity index (χ2v) is 7.30. The number of piperidine rings is 1. The third-order valence-corrected chi connectivity index (χ3v) is 5.14. The van der Waals surface area contributed by atoms with Crippen LogP contribution in [0.5, 0.6) is 11.5 Å². The summed E-state index contributed by atoms with van der Waals surface area (Å²) in [6, 6.07) is 12.2. The van der Waals surface area contributed by atoms with Crippen LogP contribution in [-0.2, 0) is 6.54 Å². The largest absolute Gasteiger partial charge is 0.493 e. The van der Waals surface area contributed by atoms with Gasteiger partial charge in [0, 0.05) is 30.7 Å². The van der Waals surface area contributed by atoms with Crippen molar-refractivity contribution in [2.45, 2.75) is 32.0 Å². The predicted octanol–water partition coefficient (Wildman–Crippen LogP) is 4.34. The van der Waals surface area contributed by atoms with Crippen molar-refractivity contribution in [1.82, 2.24) is 10.2 Å². The number of ether oxygens (including phenoxy) is 2. The van der Waals surface area contributed by atoms with Crippen molar-refractivity contribution in [2.24, 2.45) is 0 Å². The van der Waals surface area contributed by atoms with Gasteiger partial charge in [-0.25, -0.2) is 0 Å². The van der Waals surface area contributed by atoms with Crippen LogP contribution in [0.1, 0.15) is 28.8 Å². The number of hydrogen-bond donors (Lipinski definition) is 1. The Kier molecular flexibility index (Phi) is 7.28. The summed E-state index contributed by atoms with van der Waals surface area (Å²) in [5.74, 6) is -0.603. The molecular weight excluding hydrogens is 402 g/mol. The monoisotopic (exact) mass is 424 g/mol. The summed E-state index contributed by atoms with van der Waals surface area (Å²) < 4.78 is 35.1. The van der Waals surface area contributed by atoms with Gasteiger partial charge in [0.1, 0.15) is 0 Å². The van der Waals surface area contributed by atoms with Crippen molar-refractivity contribution >= 4 is 17.5 Å². The maximum absolute atomic E-state index is 12.8. The Morgan fingerprint density at radius 3 is 2.52 bits per heavy atom. The predicted molar refractivity (Wildman–Crippen MR) is 107 cm³/mol. The minimum absolute atomic E-state index is 0.0328. The van der Waals surface area contributed by atoms with Gasteiger partial charge in [-0.2, -0.15) is 8.78 Å². The van der Waals surface area contributed by atoms with E-state index in [2.05, 4.69) is 15.0 Å². The number of para-hydroxylation sites is 1. The van der Waals surface area contributed by atoms with E-state index in [1.165, 1.54) is 24.8 Å². The standard InChI is InChI=1S/C21H23ClF2N2O3/c1-28-18-4-2-3-17(19(18)29-21(23)24)20(27)25-16-9-11-26(12-10-16)13-14-5-7-15(22)8-6-14/h2-8,16,21H,9-13H2,1H3,(H,25,27). The zero-order valence-electron chi connectivity index (χ0n) is 16.0. The number of halogens is 3. The summed E-state index contributed by atoms with van der Waals surface area (Å²) in [6.45, 7) is -0.577. The number of methoxy groups -OCH3 is 1. The number of nitrogens with zero attached hydrogens (tertiary/aromatic N) is 1. The molecule has 2 aromatic carbocycles. The highest BCUT2D eigenvalue weighted by atomic mass is 35.5. The van der Waals surface area contributed by atoms with E-state index in [-0.39, 0.29) is 23.1 Å². The molecule has 29 heavy (non-hydrogen) atoms. The quantitative estimate of drug-likeness (QED) is 0.718. The van der Waals surface area contributed by atoms with E-state index in [1.54, 1.807) is 6.07 Å². The molecular formula is C21H23ClF2N2O3. The smallest absolute Gasteiger partial charge is 0.387 e. The number of rotatable bonds is 7. The second kappa shape index (κ2) is 9.89. The Labute approximate surface area is 173 Å². The fourth-order valence-electron chi connectivity index (χ4n) is 3.41. The van der Waals surface area contributed by atoms with Gasteiger partial charge in [0.2, 0.25) is 0 Å². The number of likely N-dealkylation sites (tertiary alicyclic amines) is 1. The van der Waals surface area contributed by atoms with E-state index in [4.69, 9.17) is 16.3 Å². The average Bonchev–Trinajstić information content (AvgIpc) is 2.71. The molecule has 0 bridgehead atoms. The third kappa shape index (κ3) is 5.81. The normalized spacial score (nSPS) is 15.3. The first-order valence-electron chi connectivity index (χ1n) is 9.35. The summed E-state index contributed by atoms with van der Waals surface area (Å²) in [6.07, 6.45) is 1.54. The highest BCUT2D eigenvalue weighted by Gasteiger charge is 2.25. The number of carbonyl (C=O) groups is 1. The lowest BCUT2D eigenvalue weighted by atomic mass is 10.0. The molecule has 8 heteroatoms. The van der Waals surface area contributed by atoms with Crippen molar-refractivity contribution in [3.05, 3.63) is 58.6 Å². The van der Waals surface area contributed by atoms with Crippen molar-refractivity contribution in [3.63, 3.8) is 0 Å². The van der Waals surface area contributed by atoms with Crippen LogP contribution < -0.4 is 14.8 Å². The van der Waals surface area contributed by atoms with Gasteiger partial charge in [-0.05, 0) is 42.7 Å². The molecule has 156 valence electrons. The summed E-state index contributed by atoms with van der Waals surface area (Å²) in [5.41, 5.74) is 1.22. The molecule has 0 radical (unpaired) electrons. The van der Waals surface area contributed by atoms with Crippen molar-refractivity contribution in [2.75, 3.05) is 20.2 Å². The lowest BCUT2D eigenvalue weighted by molar-refractivity contribution is -0.0515. The molecule has 1 aliphatic rings. The van der Waals surface area contributed by atoms with Crippen LogP contribution in [-0.4, -0.2) is 43.7 Å². The molecule has 0 atom stereocenters. The number of alkyl halides is 2. The topological polar surface area (TPSA) is 50.8 Å². The van der Waals surface area contributed by atoms with Gasteiger partial charge in [-0.1, -0.05) is 29.8 Å². The number of carbonyl (C=O) groups excluding carboxylic acids is 1. The SMILES string of the molecule is COc1cccc(C(=O)NC2CCN(Cc3ccc(Cl)cc3)CC2)c1OC(F)F. The fourth-order valence-corrected chi connectivity index (χ4v) is 3.54. The maximum atomic E-state index is 12.8. The lowest BCUT2D eigenvalue weighted by Crippen LogP contribution is -2.44. The molecule has 1 saturated heterocycles. The van der Waals surface area contributed by atoms with Gasteiger partial charge in [0.25, 0.3) is 5.91 Å². The number of hydrogen-bond acceptors (Lipinski definition) is 4. The first kappa shape index (κ1) is 21.3. The van der Waals surface area contributed by atoms with Gasteiger partial charge in [-0.3, -0.25) is 9.69 Å². The van der Waals surface area contributed by atoms with Crippen LogP contribution in [0.4, 0.5) is 8.78 Å². The number of amides is 1. The molecule has 0 saturated carbocycles. The molecule has 2 aromatic rings. The van der Waals surface area contributed by atoms with E-state index in [9.17, 15) is 13.6 Å². The molecule has 1 fully saturated rings. The summed E-state index contributed by atoms with van der Waals surface area (Å²) in [4.78, 5) is 15.0. The van der Waals surface area contributed by atoms with Gasteiger partial charge >= 0.3 is 6.61 Å². The molecule has 1 heterocycles. The molecule has 0 spiro atoms. The van der Waals surface area contributed by atoms with Gasteiger partial charge in [-0.15, -0.1) is 0 Å². The van der Waals surface area contributed by atoms with Crippen LogP contribution in [0.2, 0.25) is 5.02 Å². The summed E-state index contributed by atoms with van der Waals surface area (Å²) >= 11 is 5.92. The van der Waals surface area contributed by atoms with E-state index in [0.29, 0.717) is 5.02 Å². The Morgan fingerprint density at radius 1 is 1.21 bits per heavy atom. The van der Waals surface area contributed by atoms with E-state index >= 15 is 0 Å². The lowest BCUT2D eigenvalue weighted by Gasteiger charge is -2.32. The molecule has 0 aliphatic carbocycles. The molecule has 3 rings (SSSR count). The van der Waals surface area contributed by atoms with E-state index < -0.39 is 12.5 Å². The molecule has 1 amide bonds. The molecule has 1 N–H and O–H groups in total. The Hall–Kier alpha value is -2.38. The van der Waals surface area contributed by atoms with E-state index in [0.717, 1.165) is 32.5 Å². The minimum atomic E-state index is -3.05. The zero-order chi connectivity index (χ0) is 20.8. The number of benzene rings is 2. The van der Waals surface area contributed by atoms with Gasteiger partial charge < -0.3 is 14.8 Å². The fraction of sp³-hybridized carbons (Fsp3) is 0.381. The Bertz CT molecular complexity index is 825. The molecule has 1 aliphatic heterocycles. The van der Waals surface area contributed by atoms with Crippen molar-refractivity contribution in [3.8, 4) is 11.5 Å². The Balaban J connectivity index is 1.58. The van der Waals surface area contributed by atoms with Gasteiger partial charge in [0.05, 0.1) is 12.7 Å².